The van der Waals surface area contributed by atoms with Gasteiger partial charge in [-0.15, -0.1) is 0 Å². The summed E-state index contributed by atoms with van der Waals surface area (Å²) in [5.74, 6) is 0. The molecule has 0 bridgehead atoms. The van der Waals surface area contributed by atoms with Gasteiger partial charge in [-0.3, -0.25) is 9.99 Å². The van der Waals surface area contributed by atoms with Crippen LogP contribution in [0.1, 0.15) is 24.8 Å². The van der Waals surface area contributed by atoms with Crippen LogP contribution in [0.15, 0.2) is 29.6 Å². The average Bonchev–Trinajstić information content (AvgIpc) is 2.38. The molecule has 0 aliphatic carbocycles. The Morgan fingerprint density at radius 3 is 3.22 bits per heavy atom. The van der Waals surface area contributed by atoms with E-state index in [0.29, 0.717) is 13.0 Å². The standard InChI is InChI=1S/C12H15N3O3/c16-12(17)18-11-5-1-2-7-15(11)14-9-10-4-3-6-13-8-10/h3-4,6,8-9,11H,1-2,5,7H2,(H,16,17)/b14-9+. The van der Waals surface area contributed by atoms with Crippen LogP contribution in [0.3, 0.4) is 0 Å². The van der Waals surface area contributed by atoms with E-state index in [9.17, 15) is 4.79 Å². The van der Waals surface area contributed by atoms with Crippen LogP contribution in [-0.4, -0.2) is 40.2 Å². The third kappa shape index (κ3) is 3.44. The summed E-state index contributed by atoms with van der Waals surface area (Å²) in [7, 11) is 0. The van der Waals surface area contributed by atoms with Crippen molar-refractivity contribution in [3.8, 4) is 0 Å². The number of carbonyl (C=O) groups is 1. The van der Waals surface area contributed by atoms with Gasteiger partial charge in [0.15, 0.2) is 6.23 Å². The lowest BCUT2D eigenvalue weighted by Gasteiger charge is -2.31. The Balaban J connectivity index is 2.01. The molecule has 0 spiro atoms. The summed E-state index contributed by atoms with van der Waals surface area (Å²) >= 11 is 0. The Bertz CT molecular complexity index is 422. The van der Waals surface area contributed by atoms with Crippen LogP contribution >= 0.6 is 0 Å². The zero-order valence-corrected chi connectivity index (χ0v) is 9.90. The molecule has 18 heavy (non-hydrogen) atoms. The Labute approximate surface area is 105 Å². The first-order chi connectivity index (χ1) is 8.75. The van der Waals surface area contributed by atoms with E-state index in [4.69, 9.17) is 9.84 Å². The van der Waals surface area contributed by atoms with Crippen molar-refractivity contribution in [2.75, 3.05) is 6.54 Å². The van der Waals surface area contributed by atoms with Crippen LogP contribution in [0.25, 0.3) is 0 Å². The van der Waals surface area contributed by atoms with Crippen molar-refractivity contribution in [1.29, 1.82) is 0 Å². The van der Waals surface area contributed by atoms with E-state index < -0.39 is 12.4 Å². The van der Waals surface area contributed by atoms with Gasteiger partial charge in [-0.05, 0) is 18.9 Å². The minimum atomic E-state index is -1.26. The molecule has 0 amide bonds. The maximum Gasteiger partial charge on any atom is 0.507 e. The predicted molar refractivity (Wildman–Crippen MR) is 65.3 cm³/mol. The second-order valence-corrected chi connectivity index (χ2v) is 4.03. The Morgan fingerprint density at radius 2 is 2.50 bits per heavy atom. The molecule has 2 heterocycles. The predicted octanol–water partition coefficient (Wildman–Crippen LogP) is 1.92. The normalized spacial score (nSPS) is 20.0. The first-order valence-electron chi connectivity index (χ1n) is 5.86. The van der Waals surface area contributed by atoms with Gasteiger partial charge in [0.25, 0.3) is 0 Å². The molecule has 96 valence electrons. The van der Waals surface area contributed by atoms with Gasteiger partial charge in [0.05, 0.1) is 6.21 Å². The van der Waals surface area contributed by atoms with Gasteiger partial charge in [-0.2, -0.15) is 5.10 Å². The van der Waals surface area contributed by atoms with Crippen LogP contribution < -0.4 is 0 Å². The fourth-order valence-corrected chi connectivity index (χ4v) is 1.85. The first-order valence-corrected chi connectivity index (χ1v) is 5.86. The molecular formula is C12H15N3O3. The number of pyridine rings is 1. The number of rotatable bonds is 3. The number of aromatic nitrogens is 1. The van der Waals surface area contributed by atoms with Crippen LogP contribution in [0.2, 0.25) is 0 Å². The van der Waals surface area contributed by atoms with Crippen LogP contribution in [0.5, 0.6) is 0 Å². The lowest BCUT2D eigenvalue weighted by Crippen LogP contribution is -2.38. The van der Waals surface area contributed by atoms with E-state index in [2.05, 4.69) is 10.1 Å². The second kappa shape index (κ2) is 6.00. The molecule has 0 saturated carbocycles. The number of carboxylic acid groups (broad SMARTS) is 1. The van der Waals surface area contributed by atoms with Gasteiger partial charge in [-0.1, -0.05) is 6.07 Å². The number of nitrogens with zero attached hydrogens (tertiary/aromatic N) is 3. The number of hydrogen-bond acceptors (Lipinski definition) is 5. The number of hydrogen-bond donors (Lipinski definition) is 1. The highest BCUT2D eigenvalue weighted by Crippen LogP contribution is 2.18. The topological polar surface area (TPSA) is 75.0 Å². The van der Waals surface area contributed by atoms with Gasteiger partial charge in [-0.25, -0.2) is 4.79 Å². The fourth-order valence-electron chi connectivity index (χ4n) is 1.85. The van der Waals surface area contributed by atoms with Crippen LogP contribution in [0, 0.1) is 0 Å². The lowest BCUT2D eigenvalue weighted by atomic mass is 10.1. The zero-order chi connectivity index (χ0) is 12.8. The van der Waals surface area contributed by atoms with Crippen molar-refractivity contribution in [3.05, 3.63) is 30.1 Å². The summed E-state index contributed by atoms with van der Waals surface area (Å²) in [5.41, 5.74) is 0.872. The summed E-state index contributed by atoms with van der Waals surface area (Å²) in [6.07, 6.45) is 5.93. The van der Waals surface area contributed by atoms with Gasteiger partial charge in [0.2, 0.25) is 0 Å². The van der Waals surface area contributed by atoms with E-state index in [1.54, 1.807) is 23.6 Å². The largest absolute Gasteiger partial charge is 0.507 e. The van der Waals surface area contributed by atoms with Gasteiger partial charge < -0.3 is 9.84 Å². The van der Waals surface area contributed by atoms with E-state index in [1.807, 2.05) is 12.1 Å². The average molecular weight is 249 g/mol. The highest BCUT2D eigenvalue weighted by Gasteiger charge is 2.24. The molecule has 1 unspecified atom stereocenters. The first kappa shape index (κ1) is 12.3. The molecule has 1 fully saturated rings. The van der Waals surface area contributed by atoms with Crippen molar-refractivity contribution in [1.82, 2.24) is 9.99 Å². The van der Waals surface area contributed by atoms with E-state index in [1.165, 1.54) is 0 Å². The maximum atomic E-state index is 10.6. The SMILES string of the molecule is O=C(O)OC1CCCCN1/N=C/c1cccnc1. The van der Waals surface area contributed by atoms with E-state index in [0.717, 1.165) is 18.4 Å². The Kier molecular flexibility index (Phi) is 4.11. The Hall–Kier alpha value is -2.11. The highest BCUT2D eigenvalue weighted by atomic mass is 16.7. The molecule has 1 aliphatic heterocycles. The minimum absolute atomic E-state index is 0.482. The van der Waals surface area contributed by atoms with Gasteiger partial charge >= 0.3 is 6.16 Å². The quantitative estimate of drug-likeness (QED) is 0.654. The molecule has 6 heteroatoms. The number of hydrazone groups is 1. The number of piperidine rings is 1. The van der Waals surface area contributed by atoms with Crippen molar-refractivity contribution in [2.24, 2.45) is 5.10 Å². The maximum absolute atomic E-state index is 10.6. The van der Waals surface area contributed by atoms with Gasteiger partial charge in [0, 0.05) is 30.9 Å². The molecule has 1 aliphatic rings. The molecule has 0 radical (unpaired) electrons. The molecular weight excluding hydrogens is 234 g/mol. The monoisotopic (exact) mass is 249 g/mol. The molecule has 1 aromatic rings. The van der Waals surface area contributed by atoms with Crippen molar-refractivity contribution >= 4 is 12.4 Å². The second-order valence-electron chi connectivity index (χ2n) is 4.03. The van der Waals surface area contributed by atoms with E-state index >= 15 is 0 Å². The molecule has 1 saturated heterocycles. The summed E-state index contributed by atoms with van der Waals surface area (Å²) in [6.45, 7) is 0.703. The Morgan fingerprint density at radius 1 is 1.61 bits per heavy atom. The minimum Gasteiger partial charge on any atom is -0.450 e. The lowest BCUT2D eigenvalue weighted by molar-refractivity contribution is -0.0538. The van der Waals surface area contributed by atoms with Crippen LogP contribution in [0.4, 0.5) is 4.79 Å². The van der Waals surface area contributed by atoms with Gasteiger partial charge in [0.1, 0.15) is 0 Å². The summed E-state index contributed by atoms with van der Waals surface area (Å²) in [4.78, 5) is 14.6. The molecule has 6 nitrogen and oxygen atoms in total. The fraction of sp³-hybridized carbons (Fsp3) is 0.417. The smallest absolute Gasteiger partial charge is 0.450 e. The third-order valence-electron chi connectivity index (χ3n) is 2.70. The number of ether oxygens (including phenoxy) is 1. The molecule has 1 atom stereocenters. The summed E-state index contributed by atoms with van der Waals surface area (Å²) in [6, 6.07) is 3.70. The zero-order valence-electron chi connectivity index (χ0n) is 9.90. The van der Waals surface area contributed by atoms with E-state index in [-0.39, 0.29) is 0 Å². The summed E-state index contributed by atoms with van der Waals surface area (Å²) < 4.78 is 4.81. The van der Waals surface area contributed by atoms with Crippen molar-refractivity contribution < 1.29 is 14.6 Å². The molecule has 0 aromatic carbocycles. The molecule has 1 N–H and O–H groups in total. The molecule has 1 aromatic heterocycles. The highest BCUT2D eigenvalue weighted by molar-refractivity contribution is 5.78. The van der Waals surface area contributed by atoms with Crippen molar-refractivity contribution in [3.63, 3.8) is 0 Å². The van der Waals surface area contributed by atoms with Crippen molar-refractivity contribution in [2.45, 2.75) is 25.5 Å². The summed E-state index contributed by atoms with van der Waals surface area (Å²) in [5, 5.41) is 14.6. The third-order valence-corrected chi connectivity index (χ3v) is 2.70. The van der Waals surface area contributed by atoms with Crippen LogP contribution in [-0.2, 0) is 4.74 Å². The molecule has 2 rings (SSSR count).